The van der Waals surface area contributed by atoms with Crippen LogP contribution < -0.4 is 10.2 Å². The zero-order chi connectivity index (χ0) is 26.6. The van der Waals surface area contributed by atoms with Gasteiger partial charge in [-0.25, -0.2) is 15.2 Å². The van der Waals surface area contributed by atoms with E-state index in [1.54, 1.807) is 23.5 Å². The molecule has 6 rings (SSSR count). The molecule has 0 aliphatic heterocycles. The van der Waals surface area contributed by atoms with Crippen LogP contribution in [0.2, 0.25) is 0 Å². The van der Waals surface area contributed by atoms with Gasteiger partial charge in [0.05, 0.1) is 27.7 Å². The molecule has 0 fully saturated rings. The lowest BCUT2D eigenvalue weighted by atomic mass is 10.0. The van der Waals surface area contributed by atoms with Gasteiger partial charge in [0.25, 0.3) is 5.91 Å². The van der Waals surface area contributed by atoms with E-state index in [0.717, 1.165) is 36.1 Å². The number of nitrogens with zero attached hydrogens (tertiary/aromatic N) is 2. The van der Waals surface area contributed by atoms with E-state index in [9.17, 15) is 9.59 Å². The number of hydrogen-bond acceptors (Lipinski definition) is 7. The van der Waals surface area contributed by atoms with Crippen molar-refractivity contribution in [2.75, 3.05) is 5.75 Å². The van der Waals surface area contributed by atoms with Gasteiger partial charge in [-0.3, -0.25) is 4.79 Å². The summed E-state index contributed by atoms with van der Waals surface area (Å²) in [5, 5.41) is 7.78. The van der Waals surface area contributed by atoms with E-state index in [-0.39, 0.29) is 11.7 Å². The molecule has 0 unspecified atom stereocenters. The molecule has 6 aromatic rings. The number of fused-ring (bicyclic) bond motifs is 3. The number of carbonyl (C=O) groups excluding carboxylic acids is 2. The van der Waals surface area contributed by atoms with Crippen molar-refractivity contribution in [2.24, 2.45) is 5.10 Å². The Morgan fingerprint density at radius 1 is 0.846 bits per heavy atom. The molecule has 0 saturated carbocycles. The van der Waals surface area contributed by atoms with Crippen LogP contribution in [-0.4, -0.2) is 28.8 Å². The van der Waals surface area contributed by atoms with Gasteiger partial charge in [0.2, 0.25) is 0 Å². The van der Waals surface area contributed by atoms with Gasteiger partial charge in [-0.15, -0.1) is 11.3 Å². The van der Waals surface area contributed by atoms with Crippen LogP contribution in [0.25, 0.3) is 31.8 Å². The van der Waals surface area contributed by atoms with Gasteiger partial charge in [0.1, 0.15) is 5.75 Å². The number of para-hydroxylation sites is 1. The number of esters is 1. The van der Waals surface area contributed by atoms with E-state index in [1.165, 1.54) is 18.0 Å². The third kappa shape index (κ3) is 5.38. The first-order valence-corrected chi connectivity index (χ1v) is 14.0. The fourth-order valence-corrected chi connectivity index (χ4v) is 6.16. The molecule has 0 bridgehead atoms. The molecule has 1 N–H and O–H groups in total. The zero-order valence-corrected chi connectivity index (χ0v) is 22.2. The van der Waals surface area contributed by atoms with Crippen LogP contribution in [0.15, 0.2) is 113 Å². The summed E-state index contributed by atoms with van der Waals surface area (Å²) in [6, 6.07) is 32.5. The number of nitrogens with one attached hydrogen (secondary N) is 1. The molecule has 1 aromatic heterocycles. The van der Waals surface area contributed by atoms with Crippen LogP contribution in [0.1, 0.15) is 15.9 Å². The maximum Gasteiger partial charge on any atom is 0.344 e. The molecule has 190 valence electrons. The first-order chi connectivity index (χ1) is 19.2. The third-order valence-corrected chi connectivity index (χ3v) is 8.31. The Kier molecular flexibility index (Phi) is 7.03. The Hall–Kier alpha value is -4.53. The van der Waals surface area contributed by atoms with Crippen molar-refractivity contribution in [3.8, 4) is 5.75 Å². The summed E-state index contributed by atoms with van der Waals surface area (Å²) in [6.07, 6.45) is 1.52. The van der Waals surface area contributed by atoms with Crippen molar-refractivity contribution < 1.29 is 14.3 Å². The second kappa shape index (κ2) is 11.1. The lowest BCUT2D eigenvalue weighted by Gasteiger charge is -2.11. The van der Waals surface area contributed by atoms with Gasteiger partial charge < -0.3 is 4.74 Å². The van der Waals surface area contributed by atoms with Crippen molar-refractivity contribution in [3.05, 3.63) is 114 Å². The van der Waals surface area contributed by atoms with Crippen molar-refractivity contribution >= 4 is 73.0 Å². The van der Waals surface area contributed by atoms with E-state index in [1.807, 2.05) is 91.0 Å². The molecule has 1 amide bonds. The first kappa shape index (κ1) is 24.8. The maximum absolute atomic E-state index is 13.2. The predicted octanol–water partition coefficient (Wildman–Crippen LogP) is 7.06. The minimum absolute atomic E-state index is 0.176. The summed E-state index contributed by atoms with van der Waals surface area (Å²) in [5.74, 6) is -0.193. The number of carbonyl (C=O) groups is 2. The molecule has 5 aromatic carbocycles. The van der Waals surface area contributed by atoms with Gasteiger partial charge >= 0.3 is 5.97 Å². The van der Waals surface area contributed by atoms with E-state index < -0.39 is 5.97 Å². The zero-order valence-electron chi connectivity index (χ0n) is 20.5. The van der Waals surface area contributed by atoms with Gasteiger partial charge in [-0.1, -0.05) is 90.6 Å². The summed E-state index contributed by atoms with van der Waals surface area (Å²) in [5.41, 5.74) is 4.58. The molecule has 0 saturated heterocycles. The highest BCUT2D eigenvalue weighted by Gasteiger charge is 2.16. The van der Waals surface area contributed by atoms with Crippen LogP contribution in [0, 0.1) is 0 Å². The Morgan fingerprint density at radius 2 is 1.56 bits per heavy atom. The quantitative estimate of drug-likeness (QED) is 0.0761. The topological polar surface area (TPSA) is 80.7 Å². The third-order valence-electron chi connectivity index (χ3n) is 6.13. The van der Waals surface area contributed by atoms with Gasteiger partial charge in [-0.2, -0.15) is 5.10 Å². The molecule has 6 nitrogen and oxygen atoms in total. The second-order valence-corrected chi connectivity index (χ2v) is 10.9. The van der Waals surface area contributed by atoms with E-state index in [0.29, 0.717) is 16.9 Å². The van der Waals surface area contributed by atoms with Crippen molar-refractivity contribution in [2.45, 2.75) is 4.34 Å². The predicted molar refractivity (Wildman–Crippen MR) is 159 cm³/mol. The van der Waals surface area contributed by atoms with Gasteiger partial charge in [0.15, 0.2) is 4.34 Å². The van der Waals surface area contributed by atoms with Crippen LogP contribution >= 0.6 is 23.1 Å². The van der Waals surface area contributed by atoms with Gasteiger partial charge in [0, 0.05) is 5.56 Å². The number of aromatic nitrogens is 1. The monoisotopic (exact) mass is 547 g/mol. The maximum atomic E-state index is 13.2. The number of thiazole rings is 1. The highest BCUT2D eigenvalue weighted by molar-refractivity contribution is 8.01. The smallest absolute Gasteiger partial charge is 0.344 e. The molecule has 0 aliphatic carbocycles. The van der Waals surface area contributed by atoms with Crippen molar-refractivity contribution in [3.63, 3.8) is 0 Å². The molecule has 0 radical (unpaired) electrons. The van der Waals surface area contributed by atoms with Crippen LogP contribution in [-0.2, 0) is 4.79 Å². The first-order valence-electron chi connectivity index (χ1n) is 12.2. The molecule has 0 aliphatic rings. The normalized spacial score (nSPS) is 11.4. The fourth-order valence-electron chi connectivity index (χ4n) is 4.30. The molecular weight excluding hydrogens is 526 g/mol. The number of hydrazone groups is 1. The Morgan fingerprint density at radius 3 is 2.41 bits per heavy atom. The molecule has 0 spiro atoms. The molecule has 1 heterocycles. The summed E-state index contributed by atoms with van der Waals surface area (Å²) < 4.78 is 7.79. The Labute approximate surface area is 232 Å². The number of ether oxygens (including phenoxy) is 1. The number of thioether (sulfide) groups is 1. The average Bonchev–Trinajstić information content (AvgIpc) is 3.40. The number of benzene rings is 5. The fraction of sp³-hybridized carbons (Fsp3) is 0.0323. The Balaban J connectivity index is 1.21. The summed E-state index contributed by atoms with van der Waals surface area (Å²) >= 11 is 2.92. The minimum atomic E-state index is -0.465. The summed E-state index contributed by atoms with van der Waals surface area (Å²) in [6.45, 7) is 0. The highest BCUT2D eigenvalue weighted by atomic mass is 32.2. The Bertz CT molecular complexity index is 1840. The van der Waals surface area contributed by atoms with E-state index in [2.05, 4.69) is 15.5 Å². The number of rotatable bonds is 7. The summed E-state index contributed by atoms with van der Waals surface area (Å²) in [7, 11) is 0. The molecular formula is C31H21N3O3S2. The largest absolute Gasteiger partial charge is 0.422 e. The lowest BCUT2D eigenvalue weighted by Crippen LogP contribution is -2.19. The summed E-state index contributed by atoms with van der Waals surface area (Å²) in [4.78, 5) is 30.3. The minimum Gasteiger partial charge on any atom is -0.422 e. The van der Waals surface area contributed by atoms with E-state index in [4.69, 9.17) is 4.74 Å². The van der Waals surface area contributed by atoms with E-state index >= 15 is 0 Å². The average molecular weight is 548 g/mol. The highest BCUT2D eigenvalue weighted by Crippen LogP contribution is 2.30. The second-order valence-electron chi connectivity index (χ2n) is 8.64. The van der Waals surface area contributed by atoms with Crippen molar-refractivity contribution in [1.29, 1.82) is 0 Å². The van der Waals surface area contributed by atoms with Crippen LogP contribution in [0.5, 0.6) is 5.75 Å². The SMILES string of the molecule is O=C(CSc1nc2ccccc2s1)N/N=C\c1c(OC(=O)c2cccc3ccccc23)ccc2ccccc12. The number of hydrogen-bond donors (Lipinski definition) is 1. The lowest BCUT2D eigenvalue weighted by molar-refractivity contribution is -0.118. The van der Waals surface area contributed by atoms with Crippen molar-refractivity contribution in [1.82, 2.24) is 10.4 Å². The molecule has 8 heteroatoms. The standard InChI is InChI=1S/C31H21N3O3S2/c35-29(19-38-31-33-26-14-5-6-15-28(26)39-31)34-32-18-25-23-12-4-2-9-21(23)16-17-27(25)37-30(36)24-13-7-10-20-8-1-3-11-22(20)24/h1-18H,19H2,(H,34,35)/b32-18-. The van der Waals surface area contributed by atoms with Crippen LogP contribution in [0.3, 0.4) is 0 Å². The molecule has 39 heavy (non-hydrogen) atoms. The number of amides is 1. The molecule has 0 atom stereocenters. The van der Waals surface area contributed by atoms with Gasteiger partial charge in [-0.05, 0) is 45.8 Å². The van der Waals surface area contributed by atoms with Crippen LogP contribution in [0.4, 0.5) is 0 Å².